The molecule has 1 aliphatic rings. The number of sulfonamides is 1. The van der Waals surface area contributed by atoms with Crippen molar-refractivity contribution in [3.63, 3.8) is 0 Å². The predicted octanol–water partition coefficient (Wildman–Crippen LogP) is 2.25. The van der Waals surface area contributed by atoms with Gasteiger partial charge in [-0.2, -0.15) is 0 Å². The molecule has 0 atom stereocenters. The summed E-state index contributed by atoms with van der Waals surface area (Å²) in [6.45, 7) is 0.555. The molecule has 0 heterocycles. The zero-order valence-corrected chi connectivity index (χ0v) is 10.6. The topological polar surface area (TPSA) is 37.4 Å². The number of benzene rings is 1. The molecule has 0 bridgehead atoms. The standard InChI is InChI=1S/C12H16FNO2S/c1-14(9-10-3-2-4-10)17(15,16)12-7-5-11(13)6-8-12/h5-8,10H,2-4,9H2,1H3. The quantitative estimate of drug-likeness (QED) is 0.829. The number of hydrogen-bond donors (Lipinski definition) is 0. The van der Waals surface area contributed by atoms with Gasteiger partial charge >= 0.3 is 0 Å². The molecular formula is C12H16FNO2S. The fourth-order valence-electron chi connectivity index (χ4n) is 1.92. The van der Waals surface area contributed by atoms with Crippen LogP contribution in [0.2, 0.25) is 0 Å². The Morgan fingerprint density at radius 2 is 1.88 bits per heavy atom. The summed E-state index contributed by atoms with van der Waals surface area (Å²) in [6.07, 6.45) is 3.39. The maximum Gasteiger partial charge on any atom is 0.242 e. The molecule has 3 nitrogen and oxygen atoms in total. The average molecular weight is 257 g/mol. The molecule has 17 heavy (non-hydrogen) atoms. The van der Waals surface area contributed by atoms with Gasteiger partial charge in [-0.05, 0) is 43.0 Å². The number of rotatable bonds is 4. The van der Waals surface area contributed by atoms with E-state index in [1.165, 1.54) is 35.0 Å². The maximum atomic E-state index is 12.7. The maximum absolute atomic E-state index is 12.7. The molecule has 0 aliphatic heterocycles. The second kappa shape index (κ2) is 4.74. The summed E-state index contributed by atoms with van der Waals surface area (Å²) in [6, 6.07) is 4.96. The van der Waals surface area contributed by atoms with Crippen molar-refractivity contribution >= 4 is 10.0 Å². The average Bonchev–Trinajstić information content (AvgIpc) is 2.23. The molecule has 5 heteroatoms. The zero-order chi connectivity index (χ0) is 12.5. The molecular weight excluding hydrogens is 241 g/mol. The van der Waals surface area contributed by atoms with Crippen molar-refractivity contribution in [2.75, 3.05) is 13.6 Å². The molecule has 0 N–H and O–H groups in total. The molecule has 0 radical (unpaired) electrons. The fourth-order valence-corrected chi connectivity index (χ4v) is 3.17. The van der Waals surface area contributed by atoms with E-state index in [4.69, 9.17) is 0 Å². The third-order valence-electron chi connectivity index (χ3n) is 3.26. The van der Waals surface area contributed by atoms with Crippen molar-refractivity contribution in [2.24, 2.45) is 5.92 Å². The summed E-state index contributed by atoms with van der Waals surface area (Å²) in [5.41, 5.74) is 0. The highest BCUT2D eigenvalue weighted by molar-refractivity contribution is 7.89. The molecule has 0 amide bonds. The lowest BCUT2D eigenvalue weighted by molar-refractivity contribution is 0.263. The van der Waals surface area contributed by atoms with Gasteiger partial charge in [0.15, 0.2) is 0 Å². The molecule has 0 saturated heterocycles. The molecule has 0 unspecified atom stereocenters. The summed E-state index contributed by atoms with van der Waals surface area (Å²) in [5.74, 6) is 0.0563. The Labute approximate surface area is 101 Å². The first-order valence-electron chi connectivity index (χ1n) is 5.72. The van der Waals surface area contributed by atoms with Crippen molar-refractivity contribution in [1.29, 1.82) is 0 Å². The molecule has 0 aromatic heterocycles. The van der Waals surface area contributed by atoms with Gasteiger partial charge in [0.1, 0.15) is 5.82 Å². The third kappa shape index (κ3) is 2.66. The summed E-state index contributed by atoms with van der Waals surface area (Å²) < 4.78 is 38.4. The predicted molar refractivity (Wildman–Crippen MR) is 63.6 cm³/mol. The Balaban J connectivity index is 2.13. The van der Waals surface area contributed by atoms with Gasteiger partial charge in [0.05, 0.1) is 4.90 Å². The van der Waals surface area contributed by atoms with Gasteiger partial charge in [0.25, 0.3) is 0 Å². The molecule has 0 spiro atoms. The van der Waals surface area contributed by atoms with E-state index >= 15 is 0 Å². The van der Waals surface area contributed by atoms with E-state index in [0.29, 0.717) is 12.5 Å². The van der Waals surface area contributed by atoms with E-state index in [9.17, 15) is 12.8 Å². The van der Waals surface area contributed by atoms with Crippen LogP contribution in [-0.4, -0.2) is 26.3 Å². The Morgan fingerprint density at radius 1 is 1.29 bits per heavy atom. The Hall–Kier alpha value is -0.940. The van der Waals surface area contributed by atoms with E-state index < -0.39 is 15.8 Å². The van der Waals surface area contributed by atoms with Crippen molar-refractivity contribution < 1.29 is 12.8 Å². The van der Waals surface area contributed by atoms with Crippen LogP contribution in [0.4, 0.5) is 4.39 Å². The van der Waals surface area contributed by atoms with Crippen LogP contribution in [0.15, 0.2) is 29.2 Å². The van der Waals surface area contributed by atoms with E-state index in [0.717, 1.165) is 12.8 Å². The van der Waals surface area contributed by atoms with Crippen molar-refractivity contribution in [3.8, 4) is 0 Å². The van der Waals surface area contributed by atoms with Gasteiger partial charge in [-0.3, -0.25) is 0 Å². The number of nitrogens with zero attached hydrogens (tertiary/aromatic N) is 1. The van der Waals surface area contributed by atoms with Crippen LogP contribution in [-0.2, 0) is 10.0 Å². The molecule has 1 aromatic rings. The summed E-state index contributed by atoms with van der Waals surface area (Å²) in [4.78, 5) is 0.153. The Bertz CT molecular complexity index is 480. The molecule has 1 aromatic carbocycles. The highest BCUT2D eigenvalue weighted by Crippen LogP contribution is 2.28. The van der Waals surface area contributed by atoms with E-state index in [1.54, 1.807) is 7.05 Å². The number of hydrogen-bond acceptors (Lipinski definition) is 2. The van der Waals surface area contributed by atoms with Gasteiger partial charge in [-0.15, -0.1) is 0 Å². The number of halogens is 1. The Morgan fingerprint density at radius 3 is 2.35 bits per heavy atom. The minimum Gasteiger partial charge on any atom is -0.207 e. The summed E-state index contributed by atoms with van der Waals surface area (Å²) in [5, 5.41) is 0. The SMILES string of the molecule is CN(CC1CCC1)S(=O)(=O)c1ccc(F)cc1. The first-order chi connectivity index (χ1) is 8.00. The summed E-state index contributed by atoms with van der Waals surface area (Å²) in [7, 11) is -1.88. The first kappa shape index (κ1) is 12.5. The van der Waals surface area contributed by atoms with Crippen LogP contribution in [0, 0.1) is 11.7 Å². The fraction of sp³-hybridized carbons (Fsp3) is 0.500. The van der Waals surface area contributed by atoms with E-state index in [2.05, 4.69) is 0 Å². The molecule has 1 aliphatic carbocycles. The molecule has 94 valence electrons. The van der Waals surface area contributed by atoms with Gasteiger partial charge in [-0.25, -0.2) is 17.1 Å². The van der Waals surface area contributed by atoms with Crippen molar-refractivity contribution in [1.82, 2.24) is 4.31 Å². The normalized spacial score (nSPS) is 17.1. The zero-order valence-electron chi connectivity index (χ0n) is 9.77. The lowest BCUT2D eigenvalue weighted by Gasteiger charge is -2.29. The van der Waals surface area contributed by atoms with Crippen LogP contribution < -0.4 is 0 Å². The highest BCUT2D eigenvalue weighted by Gasteiger charge is 2.26. The van der Waals surface area contributed by atoms with Crippen LogP contribution in [0.25, 0.3) is 0 Å². The third-order valence-corrected chi connectivity index (χ3v) is 5.10. The summed E-state index contributed by atoms with van der Waals surface area (Å²) >= 11 is 0. The monoisotopic (exact) mass is 257 g/mol. The van der Waals surface area contributed by atoms with Gasteiger partial charge < -0.3 is 0 Å². The lowest BCUT2D eigenvalue weighted by Crippen LogP contribution is -2.34. The smallest absolute Gasteiger partial charge is 0.207 e. The largest absolute Gasteiger partial charge is 0.242 e. The first-order valence-corrected chi connectivity index (χ1v) is 7.16. The van der Waals surface area contributed by atoms with Crippen molar-refractivity contribution in [2.45, 2.75) is 24.2 Å². The molecule has 2 rings (SSSR count). The van der Waals surface area contributed by atoms with Crippen molar-refractivity contribution in [3.05, 3.63) is 30.1 Å². The van der Waals surface area contributed by atoms with Crippen LogP contribution in [0.3, 0.4) is 0 Å². The van der Waals surface area contributed by atoms with Crippen LogP contribution in [0.1, 0.15) is 19.3 Å². The lowest BCUT2D eigenvalue weighted by atomic mass is 9.86. The molecule has 1 saturated carbocycles. The van der Waals surface area contributed by atoms with E-state index in [-0.39, 0.29) is 4.90 Å². The Kier molecular flexibility index (Phi) is 3.49. The minimum absolute atomic E-state index is 0.153. The minimum atomic E-state index is -3.46. The van der Waals surface area contributed by atoms with Gasteiger partial charge in [0.2, 0.25) is 10.0 Å². The van der Waals surface area contributed by atoms with Gasteiger partial charge in [0, 0.05) is 13.6 Å². The van der Waals surface area contributed by atoms with Crippen LogP contribution >= 0.6 is 0 Å². The second-order valence-corrected chi connectivity index (χ2v) is 6.58. The highest BCUT2D eigenvalue weighted by atomic mass is 32.2. The second-order valence-electron chi connectivity index (χ2n) is 4.54. The molecule has 1 fully saturated rings. The van der Waals surface area contributed by atoms with E-state index in [1.807, 2.05) is 0 Å². The van der Waals surface area contributed by atoms with Gasteiger partial charge in [-0.1, -0.05) is 6.42 Å². The van der Waals surface area contributed by atoms with Crippen LogP contribution in [0.5, 0.6) is 0 Å².